The molecule has 0 saturated carbocycles. The number of carbonyl (C=O) groups is 1. The van der Waals surface area contributed by atoms with Gasteiger partial charge in [0.1, 0.15) is 23.2 Å². The number of methoxy groups -OCH3 is 2. The number of benzene rings is 2. The van der Waals surface area contributed by atoms with Crippen molar-refractivity contribution in [3.05, 3.63) is 58.6 Å². The fourth-order valence-corrected chi connectivity index (χ4v) is 3.24. The molecule has 3 rings (SSSR count). The lowest BCUT2D eigenvalue weighted by molar-refractivity contribution is -0.0229. The van der Waals surface area contributed by atoms with Crippen LogP contribution in [0, 0.1) is 0 Å². The number of hydrogen-bond donors (Lipinski definition) is 0. The number of ether oxygens (including phenoxy) is 3. The Morgan fingerprint density at radius 3 is 2.44 bits per heavy atom. The van der Waals surface area contributed by atoms with E-state index in [9.17, 15) is 4.79 Å². The number of morpholine rings is 1. The number of carbonyl (C=O) groups excluding carboxylic acids is 1. The molecule has 1 heterocycles. The van der Waals surface area contributed by atoms with Crippen LogP contribution in [0.2, 0.25) is 5.02 Å². The quantitative estimate of drug-likeness (QED) is 0.835. The zero-order valence-electron chi connectivity index (χ0n) is 14.2. The molecule has 1 saturated heterocycles. The number of halogens is 1. The van der Waals surface area contributed by atoms with Gasteiger partial charge in [-0.1, -0.05) is 35.9 Å². The van der Waals surface area contributed by atoms with Gasteiger partial charge < -0.3 is 19.1 Å². The van der Waals surface area contributed by atoms with E-state index in [4.69, 9.17) is 25.8 Å². The Balaban J connectivity index is 1.87. The highest BCUT2D eigenvalue weighted by molar-refractivity contribution is 6.31. The van der Waals surface area contributed by atoms with Crippen LogP contribution in [0.3, 0.4) is 0 Å². The molecule has 1 aliphatic rings. The molecule has 132 valence electrons. The fraction of sp³-hybridized carbons (Fsp3) is 0.316. The van der Waals surface area contributed by atoms with Crippen molar-refractivity contribution in [2.75, 3.05) is 33.9 Å². The molecule has 0 radical (unpaired) electrons. The molecule has 1 aliphatic heterocycles. The van der Waals surface area contributed by atoms with Crippen LogP contribution in [0.5, 0.6) is 11.5 Å². The Morgan fingerprint density at radius 1 is 1.12 bits per heavy atom. The van der Waals surface area contributed by atoms with Gasteiger partial charge >= 0.3 is 0 Å². The van der Waals surface area contributed by atoms with Crippen molar-refractivity contribution >= 4 is 17.5 Å². The van der Waals surface area contributed by atoms with Crippen molar-refractivity contribution in [3.63, 3.8) is 0 Å². The van der Waals surface area contributed by atoms with Gasteiger partial charge in [0.25, 0.3) is 5.91 Å². The predicted octanol–water partition coefficient (Wildman–Crippen LogP) is 3.57. The molecule has 25 heavy (non-hydrogen) atoms. The van der Waals surface area contributed by atoms with Gasteiger partial charge in [-0.25, -0.2) is 0 Å². The van der Waals surface area contributed by atoms with Gasteiger partial charge in [0.05, 0.1) is 27.4 Å². The van der Waals surface area contributed by atoms with Crippen molar-refractivity contribution in [1.82, 2.24) is 4.90 Å². The second-order valence-corrected chi connectivity index (χ2v) is 6.08. The summed E-state index contributed by atoms with van der Waals surface area (Å²) in [5.41, 5.74) is 1.31. The number of amides is 1. The largest absolute Gasteiger partial charge is 0.496 e. The van der Waals surface area contributed by atoms with E-state index < -0.39 is 0 Å². The Morgan fingerprint density at radius 2 is 1.80 bits per heavy atom. The molecule has 0 bridgehead atoms. The summed E-state index contributed by atoms with van der Waals surface area (Å²) in [5, 5.41) is 0.636. The van der Waals surface area contributed by atoms with Gasteiger partial charge in [0, 0.05) is 17.1 Å². The summed E-state index contributed by atoms with van der Waals surface area (Å²) in [4.78, 5) is 14.8. The minimum atomic E-state index is -0.257. The molecule has 6 heteroatoms. The predicted molar refractivity (Wildman–Crippen MR) is 95.6 cm³/mol. The monoisotopic (exact) mass is 361 g/mol. The first-order chi connectivity index (χ1) is 12.2. The van der Waals surface area contributed by atoms with E-state index in [1.54, 1.807) is 23.1 Å². The maximum atomic E-state index is 13.1. The molecule has 0 N–H and O–H groups in total. The smallest absolute Gasteiger partial charge is 0.261 e. The van der Waals surface area contributed by atoms with Crippen LogP contribution in [0.25, 0.3) is 0 Å². The maximum absolute atomic E-state index is 13.1. The summed E-state index contributed by atoms with van der Waals surface area (Å²) in [6.07, 6.45) is -0.257. The molecule has 2 aromatic rings. The minimum absolute atomic E-state index is 0.144. The van der Waals surface area contributed by atoms with Crippen LogP contribution in [0.1, 0.15) is 22.0 Å². The zero-order valence-corrected chi connectivity index (χ0v) is 15.0. The van der Waals surface area contributed by atoms with Gasteiger partial charge in [-0.15, -0.1) is 0 Å². The van der Waals surface area contributed by atoms with Crippen molar-refractivity contribution < 1.29 is 19.0 Å². The highest BCUT2D eigenvalue weighted by Gasteiger charge is 2.30. The number of hydrogen-bond acceptors (Lipinski definition) is 4. The molecule has 5 nitrogen and oxygen atoms in total. The van der Waals surface area contributed by atoms with Gasteiger partial charge in [-0.3, -0.25) is 4.79 Å². The molecule has 2 aromatic carbocycles. The lowest BCUT2D eigenvalue weighted by Gasteiger charge is -2.34. The summed E-state index contributed by atoms with van der Waals surface area (Å²) in [7, 11) is 3.08. The maximum Gasteiger partial charge on any atom is 0.261 e. The molecular weight excluding hydrogens is 342 g/mol. The Labute approximate surface area is 152 Å². The summed E-state index contributed by atoms with van der Waals surface area (Å²) in [6, 6.07) is 12.8. The van der Waals surface area contributed by atoms with Crippen LogP contribution in [0.4, 0.5) is 0 Å². The molecule has 1 fully saturated rings. The molecule has 1 unspecified atom stereocenters. The standard InChI is InChI=1S/C19H20ClNO4/c1-23-15-8-5-9-16(24-2)18(15)19(22)21-10-11-25-17(12-21)13-6-3-4-7-14(13)20/h3-9,17H,10-12H2,1-2H3. The number of rotatable bonds is 4. The lowest BCUT2D eigenvalue weighted by atomic mass is 10.1. The summed E-state index contributed by atoms with van der Waals surface area (Å²) in [5.74, 6) is 0.838. The van der Waals surface area contributed by atoms with Crippen LogP contribution in [-0.4, -0.2) is 44.7 Å². The van der Waals surface area contributed by atoms with Gasteiger partial charge in [-0.05, 0) is 18.2 Å². The van der Waals surface area contributed by atoms with E-state index in [2.05, 4.69) is 0 Å². The van der Waals surface area contributed by atoms with Gasteiger partial charge in [0.15, 0.2) is 0 Å². The summed E-state index contributed by atoms with van der Waals surface area (Å²) in [6.45, 7) is 1.36. The van der Waals surface area contributed by atoms with Crippen molar-refractivity contribution in [3.8, 4) is 11.5 Å². The van der Waals surface area contributed by atoms with E-state index in [0.717, 1.165) is 5.56 Å². The topological polar surface area (TPSA) is 48.0 Å². The van der Waals surface area contributed by atoms with E-state index in [1.165, 1.54) is 14.2 Å². The average molecular weight is 362 g/mol. The minimum Gasteiger partial charge on any atom is -0.496 e. The van der Waals surface area contributed by atoms with Crippen molar-refractivity contribution in [2.45, 2.75) is 6.10 Å². The molecular formula is C19H20ClNO4. The third-order valence-corrected chi connectivity index (χ3v) is 4.59. The van der Waals surface area contributed by atoms with Crippen LogP contribution < -0.4 is 9.47 Å². The third-order valence-electron chi connectivity index (χ3n) is 4.25. The first-order valence-corrected chi connectivity index (χ1v) is 8.39. The second-order valence-electron chi connectivity index (χ2n) is 5.67. The van der Waals surface area contributed by atoms with Gasteiger partial charge in [-0.2, -0.15) is 0 Å². The van der Waals surface area contributed by atoms with Crippen LogP contribution in [-0.2, 0) is 4.74 Å². The fourth-order valence-electron chi connectivity index (χ4n) is 2.98. The van der Waals surface area contributed by atoms with E-state index in [0.29, 0.717) is 41.8 Å². The number of nitrogens with zero attached hydrogens (tertiary/aromatic N) is 1. The van der Waals surface area contributed by atoms with Gasteiger partial charge in [0.2, 0.25) is 0 Å². The Kier molecular flexibility index (Phi) is 5.46. The van der Waals surface area contributed by atoms with Crippen LogP contribution in [0.15, 0.2) is 42.5 Å². The van der Waals surface area contributed by atoms with Crippen molar-refractivity contribution in [1.29, 1.82) is 0 Å². The van der Waals surface area contributed by atoms with E-state index in [-0.39, 0.29) is 12.0 Å². The highest BCUT2D eigenvalue weighted by Crippen LogP contribution is 2.33. The Hall–Kier alpha value is -2.24. The van der Waals surface area contributed by atoms with E-state index in [1.807, 2.05) is 24.3 Å². The van der Waals surface area contributed by atoms with E-state index >= 15 is 0 Å². The first kappa shape index (κ1) is 17.6. The second kappa shape index (κ2) is 7.76. The molecule has 1 atom stereocenters. The molecule has 1 amide bonds. The third kappa shape index (κ3) is 3.57. The van der Waals surface area contributed by atoms with Crippen LogP contribution >= 0.6 is 11.6 Å². The molecule has 0 aliphatic carbocycles. The molecule has 0 aromatic heterocycles. The summed E-state index contributed by atoms with van der Waals surface area (Å²) >= 11 is 6.27. The normalized spacial score (nSPS) is 17.2. The SMILES string of the molecule is COc1cccc(OC)c1C(=O)N1CCOC(c2ccccc2Cl)C1. The average Bonchev–Trinajstić information content (AvgIpc) is 2.67. The highest BCUT2D eigenvalue weighted by atomic mass is 35.5. The summed E-state index contributed by atoms with van der Waals surface area (Å²) < 4.78 is 16.5. The Bertz CT molecular complexity index is 743. The lowest BCUT2D eigenvalue weighted by Crippen LogP contribution is -2.42. The van der Waals surface area contributed by atoms with Crippen molar-refractivity contribution in [2.24, 2.45) is 0 Å². The zero-order chi connectivity index (χ0) is 17.8. The molecule has 0 spiro atoms. The first-order valence-electron chi connectivity index (χ1n) is 8.02.